The van der Waals surface area contributed by atoms with Crippen LogP contribution in [0.5, 0.6) is 0 Å². The molecule has 0 saturated carbocycles. The van der Waals surface area contributed by atoms with Crippen LogP contribution in [0.4, 0.5) is 0 Å². The Morgan fingerprint density at radius 1 is 1.40 bits per heavy atom. The number of carbonyl (C=O) groups is 1. The predicted molar refractivity (Wildman–Crippen MR) is 88.9 cm³/mol. The maximum Gasteiger partial charge on any atom is 0.333 e. The first-order chi connectivity index (χ1) is 9.10. The van der Waals surface area contributed by atoms with Crippen LogP contribution < -0.4 is 0 Å². The third-order valence-electron chi connectivity index (χ3n) is 4.72. The van der Waals surface area contributed by atoms with E-state index in [1.807, 2.05) is 0 Å². The molecule has 0 aromatic carbocycles. The van der Waals surface area contributed by atoms with Crippen molar-refractivity contribution >= 4 is 21.4 Å². The summed E-state index contributed by atoms with van der Waals surface area (Å²) < 4.78 is 12.1. The number of rotatable bonds is 5. The van der Waals surface area contributed by atoms with Gasteiger partial charge >= 0.3 is 5.97 Å². The summed E-state index contributed by atoms with van der Waals surface area (Å²) in [6.07, 6.45) is 2.87. The van der Waals surface area contributed by atoms with Gasteiger partial charge in [-0.3, -0.25) is 0 Å². The average molecular weight is 315 g/mol. The van der Waals surface area contributed by atoms with E-state index in [1.165, 1.54) is 6.04 Å². The molecule has 20 heavy (non-hydrogen) atoms. The lowest BCUT2D eigenvalue weighted by Gasteiger charge is -2.47. The summed E-state index contributed by atoms with van der Waals surface area (Å²) >= 11 is 0. The summed E-state index contributed by atoms with van der Waals surface area (Å²) in [5.41, 5.74) is 0.466. The molecule has 0 aromatic heterocycles. The topological polar surface area (TPSA) is 35.5 Å². The Labute approximate surface area is 125 Å². The van der Waals surface area contributed by atoms with Crippen LogP contribution in [0, 0.1) is 0 Å². The third kappa shape index (κ3) is 4.05. The molecule has 0 aromatic rings. The van der Waals surface area contributed by atoms with E-state index in [4.69, 9.17) is 9.16 Å². The fraction of sp³-hybridized carbons (Fsp3) is 0.800. The van der Waals surface area contributed by atoms with E-state index in [-0.39, 0.29) is 18.2 Å². The first kappa shape index (κ1) is 17.7. The standard InChI is InChI=1S/C15H30O3Si2/c1-8-9-13(17-15(16)12(2)3)14-10-11-19(4,5)20(6,7)18-14/h13-14H,2,8-11H2,1,3-7H3. The molecule has 1 fully saturated rings. The Morgan fingerprint density at radius 2 is 2.00 bits per heavy atom. The fourth-order valence-corrected chi connectivity index (χ4v) is 9.11. The van der Waals surface area contributed by atoms with E-state index in [2.05, 4.69) is 39.7 Å². The predicted octanol–water partition coefficient (Wildman–Crippen LogP) is 4.06. The second kappa shape index (κ2) is 6.58. The molecule has 0 radical (unpaired) electrons. The lowest BCUT2D eigenvalue weighted by molar-refractivity contribution is -0.150. The van der Waals surface area contributed by atoms with Gasteiger partial charge in [-0.05, 0) is 32.9 Å². The Hall–Kier alpha value is -0.396. The molecule has 0 spiro atoms. The highest BCUT2D eigenvalue weighted by molar-refractivity contribution is 7.38. The highest BCUT2D eigenvalue weighted by Crippen LogP contribution is 2.35. The molecule has 0 N–H and O–H groups in total. The molecular formula is C15H30O3Si2. The molecule has 2 atom stereocenters. The zero-order valence-electron chi connectivity index (χ0n) is 13.9. The van der Waals surface area contributed by atoms with Crippen LogP contribution in [0.3, 0.4) is 0 Å². The lowest BCUT2D eigenvalue weighted by atomic mass is 10.1. The number of hydrogen-bond donors (Lipinski definition) is 0. The minimum Gasteiger partial charge on any atom is -0.456 e. The molecule has 1 heterocycles. The largest absolute Gasteiger partial charge is 0.456 e. The van der Waals surface area contributed by atoms with Crippen LogP contribution in [0.1, 0.15) is 33.1 Å². The summed E-state index contributed by atoms with van der Waals surface area (Å²) in [7, 11) is -2.86. The van der Waals surface area contributed by atoms with Crippen molar-refractivity contribution in [2.75, 3.05) is 0 Å². The summed E-state index contributed by atoms with van der Waals surface area (Å²) in [5, 5.41) is 0. The van der Waals surface area contributed by atoms with Gasteiger partial charge in [0.05, 0.1) is 13.7 Å². The van der Waals surface area contributed by atoms with E-state index in [1.54, 1.807) is 6.92 Å². The monoisotopic (exact) mass is 314 g/mol. The maximum absolute atomic E-state index is 11.8. The average Bonchev–Trinajstić information content (AvgIpc) is 2.32. The summed E-state index contributed by atoms with van der Waals surface area (Å²) in [4.78, 5) is 11.8. The van der Waals surface area contributed by atoms with Crippen molar-refractivity contribution < 1.29 is 14.0 Å². The number of esters is 1. The van der Waals surface area contributed by atoms with Crippen molar-refractivity contribution in [3.8, 4) is 0 Å². The van der Waals surface area contributed by atoms with E-state index < -0.39 is 15.4 Å². The molecule has 0 bridgehead atoms. The van der Waals surface area contributed by atoms with Gasteiger partial charge in [-0.1, -0.05) is 39.1 Å². The van der Waals surface area contributed by atoms with E-state index in [0.717, 1.165) is 19.3 Å². The minimum atomic E-state index is -1.63. The SMILES string of the molecule is C=C(C)C(=O)OC(CCC)C1CC[Si](C)(C)[Si](C)(C)O1. The van der Waals surface area contributed by atoms with Gasteiger partial charge < -0.3 is 9.16 Å². The van der Waals surface area contributed by atoms with Crippen LogP contribution in [0.2, 0.25) is 32.2 Å². The normalized spacial score (nSPS) is 25.8. The van der Waals surface area contributed by atoms with Gasteiger partial charge in [0.2, 0.25) is 0 Å². The molecule has 1 saturated heterocycles. The van der Waals surface area contributed by atoms with Crippen LogP contribution in [0.25, 0.3) is 0 Å². The van der Waals surface area contributed by atoms with Crippen molar-refractivity contribution in [2.45, 2.75) is 77.6 Å². The van der Waals surface area contributed by atoms with Crippen molar-refractivity contribution in [1.29, 1.82) is 0 Å². The Kier molecular flexibility index (Phi) is 5.81. The number of carbonyl (C=O) groups excluding carboxylic acids is 1. The molecule has 5 heteroatoms. The quantitative estimate of drug-likeness (QED) is 0.436. The lowest BCUT2D eigenvalue weighted by Crippen LogP contribution is -2.63. The molecule has 0 aliphatic carbocycles. The molecular weight excluding hydrogens is 284 g/mol. The fourth-order valence-electron chi connectivity index (χ4n) is 2.51. The van der Waals surface area contributed by atoms with Gasteiger partial charge in [0, 0.05) is 5.57 Å². The highest BCUT2D eigenvalue weighted by Gasteiger charge is 2.49. The van der Waals surface area contributed by atoms with E-state index in [9.17, 15) is 4.79 Å². The third-order valence-corrected chi connectivity index (χ3v) is 21.3. The molecule has 1 aliphatic rings. The van der Waals surface area contributed by atoms with E-state index in [0.29, 0.717) is 5.57 Å². The first-order valence-electron chi connectivity index (χ1n) is 7.65. The van der Waals surface area contributed by atoms with Gasteiger partial charge in [-0.25, -0.2) is 4.79 Å². The van der Waals surface area contributed by atoms with Crippen LogP contribution in [-0.2, 0) is 14.0 Å². The maximum atomic E-state index is 11.8. The minimum absolute atomic E-state index is 0.0837. The summed E-state index contributed by atoms with van der Waals surface area (Å²) in [6.45, 7) is 17.0. The second-order valence-electron chi connectivity index (χ2n) is 7.10. The van der Waals surface area contributed by atoms with E-state index >= 15 is 0 Å². The van der Waals surface area contributed by atoms with Gasteiger partial charge in [0.1, 0.15) is 6.10 Å². The number of ether oxygens (including phenoxy) is 1. The molecule has 2 unspecified atom stereocenters. The zero-order valence-corrected chi connectivity index (χ0v) is 15.9. The van der Waals surface area contributed by atoms with Crippen LogP contribution in [-0.4, -0.2) is 33.6 Å². The molecule has 3 nitrogen and oxygen atoms in total. The zero-order chi connectivity index (χ0) is 15.6. The Bertz CT molecular complexity index is 377. The Morgan fingerprint density at radius 3 is 2.45 bits per heavy atom. The second-order valence-corrected chi connectivity index (χ2v) is 22.3. The van der Waals surface area contributed by atoms with Gasteiger partial charge in [0.15, 0.2) is 7.83 Å². The van der Waals surface area contributed by atoms with Gasteiger partial charge in [-0.2, -0.15) is 0 Å². The summed E-state index contributed by atoms with van der Waals surface area (Å²) in [5.74, 6) is -0.284. The van der Waals surface area contributed by atoms with Crippen molar-refractivity contribution in [3.63, 3.8) is 0 Å². The summed E-state index contributed by atoms with van der Waals surface area (Å²) in [6, 6.07) is 1.28. The van der Waals surface area contributed by atoms with Crippen molar-refractivity contribution in [1.82, 2.24) is 0 Å². The van der Waals surface area contributed by atoms with Crippen molar-refractivity contribution in [3.05, 3.63) is 12.2 Å². The number of hydrogen-bond acceptors (Lipinski definition) is 3. The smallest absolute Gasteiger partial charge is 0.333 e. The Balaban J connectivity index is 2.78. The van der Waals surface area contributed by atoms with Crippen LogP contribution in [0.15, 0.2) is 12.2 Å². The highest BCUT2D eigenvalue weighted by atomic mass is 29.3. The molecule has 0 amide bonds. The molecule has 1 aliphatic heterocycles. The van der Waals surface area contributed by atoms with Gasteiger partial charge in [0.25, 0.3) is 0 Å². The van der Waals surface area contributed by atoms with Crippen LogP contribution >= 0.6 is 0 Å². The van der Waals surface area contributed by atoms with Gasteiger partial charge in [-0.15, -0.1) is 0 Å². The van der Waals surface area contributed by atoms with Crippen molar-refractivity contribution in [2.24, 2.45) is 0 Å². The first-order valence-corrected chi connectivity index (χ1v) is 14.8. The molecule has 116 valence electrons. The molecule has 1 rings (SSSR count).